The Balaban J connectivity index is 1.45. The number of para-hydroxylation sites is 1. The van der Waals surface area contributed by atoms with Crippen molar-refractivity contribution in [2.75, 3.05) is 43.4 Å². The third-order valence-corrected chi connectivity index (χ3v) is 7.65. The van der Waals surface area contributed by atoms with Gasteiger partial charge in [-0.05, 0) is 25.0 Å². The fourth-order valence-electron chi connectivity index (χ4n) is 3.86. The van der Waals surface area contributed by atoms with E-state index in [9.17, 15) is 13.2 Å². The number of nitrogens with one attached hydrogen (secondary N) is 1. The van der Waals surface area contributed by atoms with Gasteiger partial charge in [-0.2, -0.15) is 4.31 Å². The average Bonchev–Trinajstić information content (AvgIpc) is 2.69. The number of halogens is 1. The summed E-state index contributed by atoms with van der Waals surface area (Å²) in [6.07, 6.45) is 5.21. The van der Waals surface area contributed by atoms with Crippen molar-refractivity contribution in [1.82, 2.24) is 9.62 Å². The predicted molar refractivity (Wildman–Crippen MR) is 109 cm³/mol. The molecule has 0 unspecified atom stereocenters. The minimum Gasteiger partial charge on any atom is -0.368 e. The molecule has 1 aromatic carbocycles. The topological polar surface area (TPSA) is 69.7 Å². The molecule has 1 amide bonds. The molecule has 8 heteroatoms. The van der Waals surface area contributed by atoms with E-state index in [1.807, 2.05) is 24.3 Å². The Kier molecular flexibility index (Phi) is 7.00. The Morgan fingerprint density at radius 1 is 1.07 bits per heavy atom. The molecule has 6 nitrogen and oxygen atoms in total. The number of benzene rings is 1. The minimum atomic E-state index is -3.37. The van der Waals surface area contributed by atoms with Crippen LogP contribution in [0, 0.1) is 5.92 Å². The van der Waals surface area contributed by atoms with E-state index in [1.165, 1.54) is 10.7 Å². The summed E-state index contributed by atoms with van der Waals surface area (Å²) in [5.41, 5.74) is 0.941. The lowest BCUT2D eigenvalue weighted by molar-refractivity contribution is -0.125. The normalized spacial score (nSPS) is 19.8. The largest absolute Gasteiger partial charge is 0.368 e. The van der Waals surface area contributed by atoms with E-state index in [4.69, 9.17) is 11.6 Å². The standard InChI is InChI=1S/C19H28ClN3O3S/c20-17-8-4-5-9-18(17)22-11-13-23(14-12-22)27(25,26)15-10-21-19(24)16-6-2-1-3-7-16/h4-5,8-9,16H,1-3,6-7,10-15H2,(H,21,24). The maximum atomic E-state index is 12.6. The first-order valence-electron chi connectivity index (χ1n) is 9.72. The van der Waals surface area contributed by atoms with Crippen LogP contribution in [0.3, 0.4) is 0 Å². The molecule has 0 atom stereocenters. The molecule has 2 fully saturated rings. The van der Waals surface area contributed by atoms with Crippen molar-refractivity contribution in [3.63, 3.8) is 0 Å². The highest BCUT2D eigenvalue weighted by Gasteiger charge is 2.28. The molecule has 1 saturated heterocycles. The zero-order valence-corrected chi connectivity index (χ0v) is 17.1. The summed E-state index contributed by atoms with van der Waals surface area (Å²) < 4.78 is 26.7. The van der Waals surface area contributed by atoms with Gasteiger partial charge in [0.25, 0.3) is 0 Å². The van der Waals surface area contributed by atoms with Crippen LogP contribution in [-0.2, 0) is 14.8 Å². The van der Waals surface area contributed by atoms with Crippen molar-refractivity contribution < 1.29 is 13.2 Å². The number of piperazine rings is 1. The number of sulfonamides is 1. The molecule has 27 heavy (non-hydrogen) atoms. The van der Waals surface area contributed by atoms with Crippen LogP contribution >= 0.6 is 11.6 Å². The zero-order chi connectivity index (χ0) is 19.3. The maximum Gasteiger partial charge on any atom is 0.223 e. The number of rotatable bonds is 6. The van der Waals surface area contributed by atoms with Crippen LogP contribution in [0.4, 0.5) is 5.69 Å². The van der Waals surface area contributed by atoms with Gasteiger partial charge < -0.3 is 10.2 Å². The molecular formula is C19H28ClN3O3S. The Labute approximate surface area is 166 Å². The fourth-order valence-corrected chi connectivity index (χ4v) is 5.45. The van der Waals surface area contributed by atoms with Crippen molar-refractivity contribution in [3.8, 4) is 0 Å². The van der Waals surface area contributed by atoms with Crippen LogP contribution in [0.5, 0.6) is 0 Å². The summed E-state index contributed by atoms with van der Waals surface area (Å²) >= 11 is 6.23. The maximum absolute atomic E-state index is 12.6. The van der Waals surface area contributed by atoms with Crippen LogP contribution in [-0.4, -0.2) is 57.1 Å². The van der Waals surface area contributed by atoms with E-state index in [2.05, 4.69) is 10.2 Å². The Morgan fingerprint density at radius 3 is 2.41 bits per heavy atom. The first kappa shape index (κ1) is 20.4. The summed E-state index contributed by atoms with van der Waals surface area (Å²) in [6.45, 7) is 2.27. The van der Waals surface area contributed by atoms with Gasteiger partial charge in [-0.15, -0.1) is 0 Å². The quantitative estimate of drug-likeness (QED) is 0.777. The first-order valence-corrected chi connectivity index (χ1v) is 11.7. The smallest absolute Gasteiger partial charge is 0.223 e. The zero-order valence-electron chi connectivity index (χ0n) is 15.6. The Hall–Kier alpha value is -1.31. The summed E-state index contributed by atoms with van der Waals surface area (Å²) in [5.74, 6) is 0.0198. The second kappa shape index (κ2) is 9.26. The molecule has 3 rings (SSSR count). The van der Waals surface area contributed by atoms with Crippen molar-refractivity contribution in [2.24, 2.45) is 5.92 Å². The number of hydrogen-bond donors (Lipinski definition) is 1. The number of anilines is 1. The van der Waals surface area contributed by atoms with E-state index in [0.29, 0.717) is 31.2 Å². The molecule has 1 aromatic rings. The SMILES string of the molecule is O=C(NCCS(=O)(=O)N1CCN(c2ccccc2Cl)CC1)C1CCCCC1. The van der Waals surface area contributed by atoms with Gasteiger partial charge in [-0.3, -0.25) is 4.79 Å². The van der Waals surface area contributed by atoms with Crippen LogP contribution in [0.15, 0.2) is 24.3 Å². The minimum absolute atomic E-state index is 0.00781. The monoisotopic (exact) mass is 413 g/mol. The summed E-state index contributed by atoms with van der Waals surface area (Å²) in [4.78, 5) is 14.3. The second-order valence-electron chi connectivity index (χ2n) is 7.28. The van der Waals surface area contributed by atoms with E-state index in [-0.39, 0.29) is 24.1 Å². The number of carbonyl (C=O) groups excluding carboxylic acids is 1. The van der Waals surface area contributed by atoms with Crippen LogP contribution in [0.1, 0.15) is 32.1 Å². The molecule has 0 spiro atoms. The highest BCUT2D eigenvalue weighted by Crippen LogP contribution is 2.26. The Morgan fingerprint density at radius 2 is 1.74 bits per heavy atom. The predicted octanol–water partition coefficient (Wildman–Crippen LogP) is 2.49. The van der Waals surface area contributed by atoms with Crippen LogP contribution in [0.25, 0.3) is 0 Å². The molecular weight excluding hydrogens is 386 g/mol. The van der Waals surface area contributed by atoms with Gasteiger partial charge >= 0.3 is 0 Å². The fraction of sp³-hybridized carbons (Fsp3) is 0.632. The summed E-state index contributed by atoms with van der Waals surface area (Å²) in [6, 6.07) is 7.61. The molecule has 0 bridgehead atoms. The van der Waals surface area contributed by atoms with Gasteiger partial charge in [0.05, 0.1) is 16.5 Å². The highest BCUT2D eigenvalue weighted by molar-refractivity contribution is 7.89. The number of nitrogens with zero attached hydrogens (tertiary/aromatic N) is 2. The van der Waals surface area contributed by atoms with Gasteiger partial charge in [-0.1, -0.05) is 43.0 Å². The lowest BCUT2D eigenvalue weighted by atomic mass is 9.89. The van der Waals surface area contributed by atoms with Crippen molar-refractivity contribution in [2.45, 2.75) is 32.1 Å². The third-order valence-electron chi connectivity index (χ3n) is 5.46. The molecule has 0 radical (unpaired) electrons. The van der Waals surface area contributed by atoms with Gasteiger partial charge in [0.2, 0.25) is 15.9 Å². The van der Waals surface area contributed by atoms with Gasteiger partial charge in [-0.25, -0.2) is 8.42 Å². The van der Waals surface area contributed by atoms with E-state index in [1.54, 1.807) is 0 Å². The molecule has 1 aliphatic heterocycles. The number of hydrogen-bond acceptors (Lipinski definition) is 4. The number of amides is 1. The lowest BCUT2D eigenvalue weighted by Crippen LogP contribution is -2.50. The first-order chi connectivity index (χ1) is 13.0. The summed E-state index contributed by atoms with van der Waals surface area (Å²) in [7, 11) is -3.37. The molecule has 2 aliphatic rings. The molecule has 0 aromatic heterocycles. The summed E-state index contributed by atoms with van der Waals surface area (Å²) in [5, 5.41) is 3.50. The highest BCUT2D eigenvalue weighted by atomic mass is 35.5. The van der Waals surface area contributed by atoms with Crippen molar-refractivity contribution in [1.29, 1.82) is 0 Å². The molecule has 150 valence electrons. The second-order valence-corrected chi connectivity index (χ2v) is 9.78. The molecule has 1 N–H and O–H groups in total. The van der Waals surface area contributed by atoms with Crippen molar-refractivity contribution >= 4 is 33.2 Å². The molecule has 1 saturated carbocycles. The van der Waals surface area contributed by atoms with Crippen LogP contribution in [0.2, 0.25) is 5.02 Å². The molecule has 1 aliphatic carbocycles. The van der Waals surface area contributed by atoms with Gasteiger partial charge in [0.1, 0.15) is 0 Å². The lowest BCUT2D eigenvalue weighted by Gasteiger charge is -2.35. The Bertz CT molecular complexity index is 742. The average molecular weight is 414 g/mol. The van der Waals surface area contributed by atoms with E-state index >= 15 is 0 Å². The number of carbonyl (C=O) groups is 1. The van der Waals surface area contributed by atoms with Gasteiger partial charge in [0, 0.05) is 38.6 Å². The van der Waals surface area contributed by atoms with E-state index < -0.39 is 10.0 Å². The third kappa shape index (κ3) is 5.36. The van der Waals surface area contributed by atoms with Crippen molar-refractivity contribution in [3.05, 3.63) is 29.3 Å². The van der Waals surface area contributed by atoms with E-state index in [0.717, 1.165) is 31.4 Å². The van der Waals surface area contributed by atoms with Gasteiger partial charge in [0.15, 0.2) is 0 Å². The molecule has 1 heterocycles. The van der Waals surface area contributed by atoms with Crippen LogP contribution < -0.4 is 10.2 Å².